The molecule has 0 aromatic carbocycles. The molecule has 0 amide bonds. The molecule has 1 aromatic heterocycles. The van der Waals surface area contributed by atoms with E-state index in [-0.39, 0.29) is 24.2 Å². The molecule has 6 heteroatoms. The standard InChI is InChI=1S/C12H21N3O3/c1-9(2)15-6-5-13-11(12(15)17)14-10(4-7-16)8-18-3/h5-6,9-10,16H,4,7-8H2,1-3H3,(H,13,14). The predicted molar refractivity (Wildman–Crippen MR) is 69.9 cm³/mol. The van der Waals surface area contributed by atoms with Crippen LogP contribution in [-0.4, -0.2) is 41.0 Å². The molecule has 0 bridgehead atoms. The van der Waals surface area contributed by atoms with Gasteiger partial charge in [0.2, 0.25) is 0 Å². The second-order valence-corrected chi connectivity index (χ2v) is 4.39. The van der Waals surface area contributed by atoms with Crippen molar-refractivity contribution in [1.29, 1.82) is 0 Å². The van der Waals surface area contributed by atoms with E-state index in [4.69, 9.17) is 9.84 Å². The number of hydrogen-bond donors (Lipinski definition) is 2. The van der Waals surface area contributed by atoms with Gasteiger partial charge in [-0.3, -0.25) is 4.79 Å². The van der Waals surface area contributed by atoms with Crippen LogP contribution >= 0.6 is 0 Å². The van der Waals surface area contributed by atoms with Gasteiger partial charge in [0.1, 0.15) is 0 Å². The van der Waals surface area contributed by atoms with Crippen molar-refractivity contribution in [2.24, 2.45) is 0 Å². The number of aliphatic hydroxyl groups excluding tert-OH is 1. The molecule has 0 aliphatic carbocycles. The highest BCUT2D eigenvalue weighted by Crippen LogP contribution is 2.04. The number of aromatic nitrogens is 2. The first-order valence-electron chi connectivity index (χ1n) is 6.03. The van der Waals surface area contributed by atoms with Crippen LogP contribution in [0.5, 0.6) is 0 Å². The van der Waals surface area contributed by atoms with Gasteiger partial charge in [-0.05, 0) is 20.3 Å². The van der Waals surface area contributed by atoms with E-state index in [9.17, 15) is 4.79 Å². The molecule has 1 aromatic rings. The van der Waals surface area contributed by atoms with E-state index in [1.807, 2.05) is 13.8 Å². The van der Waals surface area contributed by atoms with E-state index in [0.717, 1.165) is 0 Å². The van der Waals surface area contributed by atoms with Crippen molar-refractivity contribution < 1.29 is 9.84 Å². The van der Waals surface area contributed by atoms with Crippen LogP contribution in [0.15, 0.2) is 17.2 Å². The zero-order valence-electron chi connectivity index (χ0n) is 11.1. The first-order valence-corrected chi connectivity index (χ1v) is 6.03. The Morgan fingerprint density at radius 3 is 2.83 bits per heavy atom. The SMILES string of the molecule is COCC(CCO)Nc1nccn(C(C)C)c1=O. The van der Waals surface area contributed by atoms with Crippen LogP contribution < -0.4 is 10.9 Å². The molecule has 0 aliphatic rings. The van der Waals surface area contributed by atoms with Crippen molar-refractivity contribution in [2.75, 3.05) is 25.6 Å². The summed E-state index contributed by atoms with van der Waals surface area (Å²) in [6.07, 6.45) is 3.76. The van der Waals surface area contributed by atoms with Gasteiger partial charge in [0.15, 0.2) is 5.82 Å². The molecule has 6 nitrogen and oxygen atoms in total. The molecule has 1 unspecified atom stereocenters. The van der Waals surface area contributed by atoms with Crippen molar-refractivity contribution in [3.05, 3.63) is 22.7 Å². The van der Waals surface area contributed by atoms with Crippen LogP contribution in [0.4, 0.5) is 5.82 Å². The van der Waals surface area contributed by atoms with Crippen molar-refractivity contribution in [2.45, 2.75) is 32.4 Å². The summed E-state index contributed by atoms with van der Waals surface area (Å²) in [7, 11) is 1.58. The third-order valence-electron chi connectivity index (χ3n) is 2.61. The highest BCUT2D eigenvalue weighted by atomic mass is 16.5. The van der Waals surface area contributed by atoms with Crippen molar-refractivity contribution in [1.82, 2.24) is 9.55 Å². The van der Waals surface area contributed by atoms with E-state index >= 15 is 0 Å². The Balaban J connectivity index is 2.89. The fraction of sp³-hybridized carbons (Fsp3) is 0.667. The van der Waals surface area contributed by atoms with Crippen LogP contribution in [-0.2, 0) is 4.74 Å². The number of nitrogens with zero attached hydrogens (tertiary/aromatic N) is 2. The summed E-state index contributed by atoms with van der Waals surface area (Å²) in [5.74, 6) is 0.293. The molecule has 0 aliphatic heterocycles. The van der Waals surface area contributed by atoms with Gasteiger partial charge in [-0.2, -0.15) is 0 Å². The molecule has 0 fully saturated rings. The summed E-state index contributed by atoms with van der Waals surface area (Å²) >= 11 is 0. The lowest BCUT2D eigenvalue weighted by molar-refractivity contribution is 0.170. The molecule has 102 valence electrons. The van der Waals surface area contributed by atoms with E-state index in [2.05, 4.69) is 10.3 Å². The van der Waals surface area contributed by atoms with Gasteiger partial charge in [0.25, 0.3) is 5.56 Å². The first kappa shape index (κ1) is 14.7. The van der Waals surface area contributed by atoms with E-state index in [1.165, 1.54) is 0 Å². The second-order valence-electron chi connectivity index (χ2n) is 4.39. The van der Waals surface area contributed by atoms with Crippen LogP contribution in [0, 0.1) is 0 Å². The summed E-state index contributed by atoms with van der Waals surface area (Å²) in [5, 5.41) is 12.0. The fourth-order valence-corrected chi connectivity index (χ4v) is 1.68. The molecule has 1 heterocycles. The summed E-state index contributed by atoms with van der Waals surface area (Å²) in [4.78, 5) is 16.1. The molecule has 0 saturated heterocycles. The zero-order valence-corrected chi connectivity index (χ0v) is 11.1. The summed E-state index contributed by atoms with van der Waals surface area (Å²) < 4.78 is 6.65. The normalized spacial score (nSPS) is 12.7. The van der Waals surface area contributed by atoms with Gasteiger partial charge in [-0.25, -0.2) is 4.98 Å². The van der Waals surface area contributed by atoms with E-state index in [1.54, 1.807) is 24.1 Å². The Hall–Kier alpha value is -1.40. The van der Waals surface area contributed by atoms with Gasteiger partial charge in [0.05, 0.1) is 12.6 Å². The minimum atomic E-state index is -0.161. The number of rotatable bonds is 7. The van der Waals surface area contributed by atoms with E-state index < -0.39 is 0 Å². The number of nitrogens with one attached hydrogen (secondary N) is 1. The Morgan fingerprint density at radius 2 is 2.28 bits per heavy atom. The molecule has 1 rings (SSSR count). The molecule has 18 heavy (non-hydrogen) atoms. The highest BCUT2D eigenvalue weighted by molar-refractivity contribution is 5.32. The average molecular weight is 255 g/mol. The number of methoxy groups -OCH3 is 1. The minimum absolute atomic E-state index is 0.0340. The number of anilines is 1. The summed E-state index contributed by atoms with van der Waals surface area (Å²) in [6, 6.07) is -0.0389. The summed E-state index contributed by atoms with van der Waals surface area (Å²) in [6.45, 7) is 4.32. The average Bonchev–Trinajstić information content (AvgIpc) is 2.32. The molecular formula is C12H21N3O3. The Kier molecular flexibility index (Phi) is 5.80. The molecular weight excluding hydrogens is 234 g/mol. The summed E-state index contributed by atoms with van der Waals surface area (Å²) in [5.41, 5.74) is -0.161. The van der Waals surface area contributed by atoms with Gasteiger partial charge in [-0.1, -0.05) is 0 Å². The van der Waals surface area contributed by atoms with Crippen LogP contribution in [0.1, 0.15) is 26.3 Å². The number of aliphatic hydroxyl groups is 1. The Bertz CT molecular complexity index is 411. The van der Waals surface area contributed by atoms with Crippen molar-refractivity contribution >= 4 is 5.82 Å². The Morgan fingerprint density at radius 1 is 1.56 bits per heavy atom. The van der Waals surface area contributed by atoms with Crippen molar-refractivity contribution in [3.8, 4) is 0 Å². The monoisotopic (exact) mass is 255 g/mol. The first-order chi connectivity index (χ1) is 8.60. The van der Waals surface area contributed by atoms with E-state index in [0.29, 0.717) is 18.8 Å². The minimum Gasteiger partial charge on any atom is -0.396 e. The maximum Gasteiger partial charge on any atom is 0.293 e. The number of ether oxygens (including phenoxy) is 1. The lowest BCUT2D eigenvalue weighted by Crippen LogP contribution is -2.32. The molecule has 1 atom stereocenters. The molecule has 0 saturated carbocycles. The van der Waals surface area contributed by atoms with Crippen molar-refractivity contribution in [3.63, 3.8) is 0 Å². The van der Waals surface area contributed by atoms with Gasteiger partial charge in [0, 0.05) is 32.2 Å². The van der Waals surface area contributed by atoms with Crippen LogP contribution in [0.3, 0.4) is 0 Å². The smallest absolute Gasteiger partial charge is 0.293 e. The van der Waals surface area contributed by atoms with Crippen LogP contribution in [0.2, 0.25) is 0 Å². The zero-order chi connectivity index (χ0) is 13.5. The Labute approximate surface area is 107 Å². The lowest BCUT2D eigenvalue weighted by Gasteiger charge is -2.18. The van der Waals surface area contributed by atoms with Gasteiger partial charge in [-0.15, -0.1) is 0 Å². The lowest BCUT2D eigenvalue weighted by atomic mass is 10.2. The van der Waals surface area contributed by atoms with Gasteiger partial charge < -0.3 is 19.7 Å². The predicted octanol–water partition coefficient (Wildman–Crippen LogP) is 0.633. The molecule has 2 N–H and O–H groups in total. The largest absolute Gasteiger partial charge is 0.396 e. The number of hydrogen-bond acceptors (Lipinski definition) is 5. The highest BCUT2D eigenvalue weighted by Gasteiger charge is 2.12. The third-order valence-corrected chi connectivity index (χ3v) is 2.61. The fourth-order valence-electron chi connectivity index (χ4n) is 1.68. The third kappa shape index (κ3) is 3.82. The molecule has 0 spiro atoms. The van der Waals surface area contributed by atoms with Crippen LogP contribution in [0.25, 0.3) is 0 Å². The second kappa shape index (κ2) is 7.13. The maximum atomic E-state index is 12.1. The topological polar surface area (TPSA) is 76.4 Å². The molecule has 0 radical (unpaired) electrons. The van der Waals surface area contributed by atoms with Gasteiger partial charge >= 0.3 is 0 Å². The quantitative estimate of drug-likeness (QED) is 0.747. The maximum absolute atomic E-state index is 12.1.